The molecule has 0 amide bonds. The van der Waals surface area contributed by atoms with Crippen LogP contribution in [-0.4, -0.2) is 93.6 Å². The number of rotatable bonds is 11. The maximum atomic E-state index is 12.2. The van der Waals surface area contributed by atoms with Gasteiger partial charge in [-0.2, -0.15) is 34.5 Å². The number of phenols is 2. The summed E-state index contributed by atoms with van der Waals surface area (Å²) in [5.41, 5.74) is 6.81. The Morgan fingerprint density at radius 1 is 0.750 bits per heavy atom. The quantitative estimate of drug-likeness (QED) is 0.0238. The van der Waals surface area contributed by atoms with Crippen molar-refractivity contribution in [3.63, 3.8) is 0 Å². The van der Waals surface area contributed by atoms with E-state index in [4.69, 9.17) is 30.7 Å². The van der Waals surface area contributed by atoms with Gasteiger partial charge in [-0.3, -0.25) is 9.61 Å². The van der Waals surface area contributed by atoms with E-state index in [9.17, 15) is 44.6 Å². The van der Waals surface area contributed by atoms with Crippen LogP contribution in [0.25, 0.3) is 16.8 Å². The van der Waals surface area contributed by atoms with E-state index in [-0.39, 0.29) is 151 Å². The van der Waals surface area contributed by atoms with Crippen molar-refractivity contribution in [1.82, 2.24) is 0 Å². The number of nitrogens with one attached hydrogen (secondary N) is 2. The Kier molecular flexibility index (Phi) is 30.8. The molecule has 31 heteroatoms. The molecule has 0 spiro atoms. The molecular weight excluding hydrogens is 1040 g/mol. The van der Waals surface area contributed by atoms with Gasteiger partial charge in [-0.25, -0.2) is 30.4 Å². The minimum atomic E-state index is -4.95. The monoisotopic (exact) mass is 1070 g/mol. The molecule has 5 aromatic carbocycles. The summed E-state index contributed by atoms with van der Waals surface area (Å²) < 4.78 is 144. The van der Waals surface area contributed by atoms with Crippen molar-refractivity contribution in [1.29, 1.82) is 5.41 Å². The summed E-state index contributed by atoms with van der Waals surface area (Å²) in [5.74, 6) is -1.05. The van der Waals surface area contributed by atoms with E-state index < -0.39 is 74.6 Å². The summed E-state index contributed by atoms with van der Waals surface area (Å²) in [6.07, 6.45) is 4.81. The Hall–Kier alpha value is -2.59. The van der Waals surface area contributed by atoms with Crippen molar-refractivity contribution in [3.05, 3.63) is 119 Å². The van der Waals surface area contributed by atoms with Crippen LogP contribution in [0.1, 0.15) is 29.2 Å². The van der Waals surface area contributed by atoms with Gasteiger partial charge in [0.2, 0.25) is 10.4 Å². The topological polar surface area (TPSA) is 374 Å². The average Bonchev–Trinajstić information content (AvgIpc) is 3.19. The fraction of sp³-hybridized carbons (Fsp3) is 0.135. The largest absolute Gasteiger partial charge is 1.00 e. The summed E-state index contributed by atoms with van der Waals surface area (Å²) in [5, 5.41) is 42.1. The Bertz CT molecular complexity index is 3200. The molecule has 0 heterocycles. The summed E-state index contributed by atoms with van der Waals surface area (Å²) in [6, 6.07) is 24.6. The van der Waals surface area contributed by atoms with E-state index in [1.54, 1.807) is 12.1 Å². The molecule has 5 aromatic rings. The van der Waals surface area contributed by atoms with E-state index in [1.165, 1.54) is 36.4 Å². The number of hydrogen-bond donors (Lipinski definition) is 4. The molecule has 0 unspecified atom stereocenters. The van der Waals surface area contributed by atoms with Crippen molar-refractivity contribution in [2.24, 2.45) is 15.3 Å². The molecule has 0 radical (unpaired) electrons. The van der Waals surface area contributed by atoms with Crippen molar-refractivity contribution in [2.75, 3.05) is 17.8 Å². The number of sulfone groups is 1. The first-order valence-electron chi connectivity index (χ1n) is 17.3. The molecule has 1 aliphatic rings. The van der Waals surface area contributed by atoms with Gasteiger partial charge in [0.15, 0.2) is 9.84 Å². The number of nitrogens with zero attached hydrogens (tertiary/aromatic N) is 3. The third-order valence-corrected chi connectivity index (χ3v) is 11.0. The summed E-state index contributed by atoms with van der Waals surface area (Å²) in [6.45, 7) is 3.16. The van der Waals surface area contributed by atoms with Gasteiger partial charge >= 0.3 is 139 Å². The number of phenolic OH excluding ortho intramolecular Hbond substituents is 2. The number of aromatic hydroxyl groups is 2. The predicted octanol–water partition coefficient (Wildman–Crippen LogP) is -8.15. The van der Waals surface area contributed by atoms with Crippen LogP contribution >= 0.6 is 0 Å². The first-order chi connectivity index (χ1) is 29.8. The van der Waals surface area contributed by atoms with E-state index in [0.717, 1.165) is 28.9 Å². The zero-order chi connectivity index (χ0) is 48.0. The normalized spacial score (nSPS) is 12.1. The van der Waals surface area contributed by atoms with Crippen LogP contribution in [-0.2, 0) is 62.2 Å². The molecule has 0 saturated carbocycles. The standard InChI is InChI=1S/C20H19N2O7S2.C17H14N3O4S.4Na.2O3S/c1-2-14-6-11-17-18(4-3-5-19(17)23)20(14)22-21-15-7-9-16(10-8-15)30(24,25)13-12-29-31(26,27)28;1-10-2-5-12(6-3-10)19-20-14-7-4-11-8-13(25(22,23)24)9-15(21)16(11)17(14)18;;;;;2*1-4(2)3/h4-11,23H,2,12-13H2,1H3,(H,26,27,28);2-6,8-9,18-19,21H,1H3,(H,22,23,24);;;;;;/q2*-1;4*+1;;/p-2. The second-order valence-electron chi connectivity index (χ2n) is 12.3. The molecule has 22 nitrogen and oxygen atoms in total. The minimum absolute atomic E-state index is 0. The van der Waals surface area contributed by atoms with Crippen molar-refractivity contribution in [2.45, 2.75) is 30.1 Å². The number of azo groups is 1. The molecule has 4 N–H and O–H groups in total. The average molecular weight is 1070 g/mol. The van der Waals surface area contributed by atoms with E-state index in [0.29, 0.717) is 28.6 Å². The van der Waals surface area contributed by atoms with Gasteiger partial charge in [-0.05, 0) is 72.8 Å². The first-order valence-corrected chi connectivity index (χ1v) is 23.7. The molecule has 6 rings (SSSR count). The molecule has 0 aliphatic heterocycles. The van der Waals surface area contributed by atoms with Crippen LogP contribution in [0, 0.1) is 24.5 Å². The second kappa shape index (κ2) is 31.0. The number of benzene rings is 5. The van der Waals surface area contributed by atoms with Crippen LogP contribution in [0.3, 0.4) is 0 Å². The number of fused-ring (bicyclic) bond motifs is 2. The summed E-state index contributed by atoms with van der Waals surface area (Å²) in [4.78, 5) is -0.634. The fourth-order valence-electron chi connectivity index (χ4n) is 5.23. The second-order valence-corrected chi connectivity index (χ2v) is 17.7. The third-order valence-electron chi connectivity index (χ3n) is 8.06. The molecule has 0 fully saturated rings. The molecular formula is C37H31N5Na4O17S5. The third kappa shape index (κ3) is 22.2. The molecule has 340 valence electrons. The minimum Gasteiger partial charge on any atom is -0.744 e. The number of hydrogen-bond acceptors (Lipinski definition) is 22. The van der Waals surface area contributed by atoms with Gasteiger partial charge < -0.3 is 24.7 Å². The number of aryl methyl sites for hydroxylation is 2. The van der Waals surface area contributed by atoms with Crippen LogP contribution in [0.2, 0.25) is 0 Å². The van der Waals surface area contributed by atoms with Gasteiger partial charge in [0.1, 0.15) is 15.9 Å². The molecule has 1 aliphatic carbocycles. The Morgan fingerprint density at radius 2 is 1.32 bits per heavy atom. The Morgan fingerprint density at radius 3 is 1.85 bits per heavy atom. The van der Waals surface area contributed by atoms with Gasteiger partial charge in [-0.15, -0.1) is 36.9 Å². The van der Waals surface area contributed by atoms with E-state index in [2.05, 4.69) is 37.1 Å². The Balaban J connectivity index is 0. The van der Waals surface area contributed by atoms with Gasteiger partial charge in [0.05, 0.1) is 28.6 Å². The van der Waals surface area contributed by atoms with Gasteiger partial charge in [-0.1, -0.05) is 59.2 Å². The molecule has 0 aromatic heterocycles. The molecule has 0 atom stereocenters. The number of hydrazone groups is 1. The van der Waals surface area contributed by atoms with Crippen molar-refractivity contribution in [3.8, 4) is 11.5 Å². The first kappa shape index (κ1) is 67.5. The molecule has 0 saturated heterocycles. The van der Waals surface area contributed by atoms with Crippen LogP contribution in [0.15, 0.2) is 110 Å². The smallest absolute Gasteiger partial charge is 0.744 e. The Labute approximate surface area is 482 Å². The SMILES string of the molecule is CCc1ccc2c(O)c[c-]cc2c1N=Nc1ccc(S(=O)(=O)CCOS(=O)(=O)[O-])cc1.Cc1ccc(NN=C2[C-]=Cc3cc(S(=O)(=O)[O-])cc(O)c3C2=N)cc1.O=S(=O)=O.O=S(=O)=O.[Na+].[Na+].[Na+].[Na+]. The molecule has 0 bridgehead atoms. The van der Waals surface area contributed by atoms with Crippen molar-refractivity contribution < 1.29 is 192 Å². The zero-order valence-electron chi connectivity index (χ0n) is 36.7. The fourth-order valence-corrected chi connectivity index (χ4v) is 7.23. The maximum Gasteiger partial charge on any atom is 1.00 e. The van der Waals surface area contributed by atoms with E-state index >= 15 is 0 Å². The zero-order valence-corrected chi connectivity index (χ0v) is 48.8. The predicted molar refractivity (Wildman–Crippen MR) is 224 cm³/mol. The summed E-state index contributed by atoms with van der Waals surface area (Å²) in [7, 11) is -19.7. The van der Waals surface area contributed by atoms with Crippen LogP contribution < -0.4 is 124 Å². The van der Waals surface area contributed by atoms with Gasteiger partial charge in [0, 0.05) is 16.3 Å². The van der Waals surface area contributed by atoms with E-state index in [1.807, 2.05) is 44.2 Å². The van der Waals surface area contributed by atoms with Gasteiger partial charge in [0.25, 0.3) is 0 Å². The molecule has 68 heavy (non-hydrogen) atoms. The summed E-state index contributed by atoms with van der Waals surface area (Å²) >= 11 is 0. The number of anilines is 1. The van der Waals surface area contributed by atoms with Crippen molar-refractivity contribution >= 4 is 96.9 Å². The maximum absolute atomic E-state index is 12.2. The number of allylic oxidation sites excluding steroid dienone is 1. The van der Waals surface area contributed by atoms with Crippen LogP contribution in [0.5, 0.6) is 11.5 Å². The van der Waals surface area contributed by atoms with Crippen LogP contribution in [0.4, 0.5) is 17.1 Å².